The minimum atomic E-state index is -0.418. The second kappa shape index (κ2) is 6.42. The van der Waals surface area contributed by atoms with Crippen molar-refractivity contribution in [2.24, 2.45) is 0 Å². The Balaban J connectivity index is 1.99. The molecule has 3 aromatic carbocycles. The van der Waals surface area contributed by atoms with Gasteiger partial charge in [-0.3, -0.25) is 4.79 Å². The topological polar surface area (TPSA) is 58.6 Å². The van der Waals surface area contributed by atoms with Crippen LogP contribution in [0.1, 0.15) is 15.9 Å². The number of anilines is 1. The zero-order chi connectivity index (χ0) is 17.3. The number of carbonyl (C=O) groups excluding carboxylic acids is 1. The lowest BCUT2D eigenvalue weighted by Gasteiger charge is -2.13. The molecule has 0 aliphatic rings. The highest BCUT2D eigenvalue weighted by molar-refractivity contribution is 6.31. The largest absolute Gasteiger partial charge is 0.507 e. The van der Waals surface area contributed by atoms with Crippen molar-refractivity contribution in [3.8, 4) is 11.5 Å². The molecule has 4 nitrogen and oxygen atoms in total. The number of benzene rings is 3. The number of hydrogen-bond donors (Lipinski definition) is 2. The van der Waals surface area contributed by atoms with Gasteiger partial charge in [0, 0.05) is 11.1 Å². The third kappa shape index (κ3) is 3.01. The van der Waals surface area contributed by atoms with Gasteiger partial charge in [0.2, 0.25) is 0 Å². The first-order valence-electron chi connectivity index (χ1n) is 7.37. The molecule has 0 aliphatic carbocycles. The van der Waals surface area contributed by atoms with E-state index in [1.807, 2.05) is 31.2 Å². The minimum absolute atomic E-state index is 0.0733. The maximum atomic E-state index is 12.6. The van der Waals surface area contributed by atoms with E-state index in [2.05, 4.69) is 5.32 Å². The van der Waals surface area contributed by atoms with E-state index in [1.165, 1.54) is 7.11 Å². The van der Waals surface area contributed by atoms with Gasteiger partial charge >= 0.3 is 0 Å². The molecule has 0 spiro atoms. The maximum absolute atomic E-state index is 12.6. The van der Waals surface area contributed by atoms with E-state index in [-0.39, 0.29) is 11.3 Å². The number of amides is 1. The van der Waals surface area contributed by atoms with Crippen molar-refractivity contribution in [1.82, 2.24) is 0 Å². The highest BCUT2D eigenvalue weighted by Crippen LogP contribution is 2.32. The average molecular weight is 342 g/mol. The number of ether oxygens (including phenoxy) is 1. The van der Waals surface area contributed by atoms with Gasteiger partial charge < -0.3 is 15.2 Å². The minimum Gasteiger partial charge on any atom is -0.507 e. The zero-order valence-corrected chi connectivity index (χ0v) is 14.0. The second-order valence-electron chi connectivity index (χ2n) is 5.47. The molecule has 0 unspecified atom stereocenters. The number of hydrogen-bond acceptors (Lipinski definition) is 3. The molecule has 5 heteroatoms. The Bertz CT molecular complexity index is 937. The van der Waals surface area contributed by atoms with Gasteiger partial charge in [-0.2, -0.15) is 0 Å². The van der Waals surface area contributed by atoms with Gasteiger partial charge in [-0.05, 0) is 41.5 Å². The summed E-state index contributed by atoms with van der Waals surface area (Å²) in [6, 6.07) is 14.1. The molecule has 0 fully saturated rings. The van der Waals surface area contributed by atoms with E-state index < -0.39 is 5.91 Å². The number of rotatable bonds is 3. The van der Waals surface area contributed by atoms with E-state index >= 15 is 0 Å². The summed E-state index contributed by atoms with van der Waals surface area (Å²) < 4.78 is 5.26. The molecule has 3 rings (SSSR count). The molecule has 0 saturated heterocycles. The van der Waals surface area contributed by atoms with E-state index in [9.17, 15) is 9.90 Å². The lowest BCUT2D eigenvalue weighted by molar-refractivity contribution is 0.102. The van der Waals surface area contributed by atoms with Gasteiger partial charge in [0.05, 0.1) is 18.4 Å². The quantitative estimate of drug-likeness (QED) is 0.721. The zero-order valence-electron chi connectivity index (χ0n) is 13.3. The van der Waals surface area contributed by atoms with Crippen LogP contribution in [0, 0.1) is 6.92 Å². The number of halogens is 1. The summed E-state index contributed by atoms with van der Waals surface area (Å²) in [6.07, 6.45) is 0. The first kappa shape index (κ1) is 16.1. The van der Waals surface area contributed by atoms with Crippen molar-refractivity contribution in [2.45, 2.75) is 6.92 Å². The molecule has 3 aromatic rings. The standard InChI is InChI=1S/C19H16ClNO3/c1-11-7-16(18(24-2)10-15(11)20)21-19(23)14-8-12-5-3-4-6-13(12)9-17(14)22/h3-10,22H,1-2H3,(H,21,23). The number of aromatic hydroxyl groups is 1. The van der Waals surface area contributed by atoms with Crippen LogP contribution in [0.15, 0.2) is 48.5 Å². The van der Waals surface area contributed by atoms with Crippen molar-refractivity contribution in [1.29, 1.82) is 0 Å². The van der Waals surface area contributed by atoms with Crippen LogP contribution < -0.4 is 10.1 Å². The molecule has 1 amide bonds. The number of aryl methyl sites for hydroxylation is 1. The van der Waals surface area contributed by atoms with Gasteiger partial charge in [0.1, 0.15) is 11.5 Å². The van der Waals surface area contributed by atoms with Gasteiger partial charge in [-0.25, -0.2) is 0 Å². The van der Waals surface area contributed by atoms with Gasteiger partial charge in [0.25, 0.3) is 5.91 Å². The van der Waals surface area contributed by atoms with Crippen LogP contribution in [0.4, 0.5) is 5.69 Å². The number of phenolic OH excluding ortho intramolecular Hbond substituents is 1. The van der Waals surface area contributed by atoms with Crippen LogP contribution in [0.25, 0.3) is 10.8 Å². The highest BCUT2D eigenvalue weighted by atomic mass is 35.5. The number of phenols is 1. The fourth-order valence-electron chi connectivity index (χ4n) is 2.53. The lowest BCUT2D eigenvalue weighted by atomic mass is 10.1. The Morgan fingerprint density at radius 1 is 1.12 bits per heavy atom. The Kier molecular flexibility index (Phi) is 4.32. The van der Waals surface area contributed by atoms with Crippen LogP contribution in [0.2, 0.25) is 5.02 Å². The van der Waals surface area contributed by atoms with Gasteiger partial charge in [0.15, 0.2) is 0 Å². The predicted molar refractivity (Wildman–Crippen MR) is 96.3 cm³/mol. The van der Waals surface area contributed by atoms with E-state index in [0.717, 1.165) is 16.3 Å². The number of carbonyl (C=O) groups is 1. The average Bonchev–Trinajstić information content (AvgIpc) is 2.57. The lowest BCUT2D eigenvalue weighted by Crippen LogP contribution is -2.13. The molecule has 122 valence electrons. The third-order valence-electron chi connectivity index (χ3n) is 3.84. The van der Waals surface area contributed by atoms with Crippen molar-refractivity contribution >= 4 is 34.0 Å². The number of fused-ring (bicyclic) bond motifs is 1. The molecule has 0 aromatic heterocycles. The van der Waals surface area contributed by atoms with Crippen LogP contribution in [0.3, 0.4) is 0 Å². The second-order valence-corrected chi connectivity index (χ2v) is 5.88. The maximum Gasteiger partial charge on any atom is 0.259 e. The van der Waals surface area contributed by atoms with Crippen LogP contribution in [-0.4, -0.2) is 18.1 Å². The van der Waals surface area contributed by atoms with Crippen molar-refractivity contribution in [2.75, 3.05) is 12.4 Å². The fraction of sp³-hybridized carbons (Fsp3) is 0.105. The predicted octanol–water partition coefficient (Wildman–Crippen LogP) is 4.77. The van der Waals surface area contributed by atoms with E-state index in [4.69, 9.17) is 16.3 Å². The number of nitrogens with one attached hydrogen (secondary N) is 1. The fourth-order valence-corrected chi connectivity index (χ4v) is 2.68. The summed E-state index contributed by atoms with van der Waals surface area (Å²) in [7, 11) is 1.50. The molecule has 0 bridgehead atoms. The summed E-state index contributed by atoms with van der Waals surface area (Å²) in [5, 5.41) is 15.2. The van der Waals surface area contributed by atoms with Gasteiger partial charge in [-0.1, -0.05) is 35.9 Å². The third-order valence-corrected chi connectivity index (χ3v) is 4.24. The summed E-state index contributed by atoms with van der Waals surface area (Å²) in [4.78, 5) is 12.6. The van der Waals surface area contributed by atoms with Crippen LogP contribution in [-0.2, 0) is 0 Å². The van der Waals surface area contributed by atoms with E-state index in [1.54, 1.807) is 24.3 Å². The van der Waals surface area contributed by atoms with Crippen LogP contribution in [0.5, 0.6) is 11.5 Å². The molecule has 2 N–H and O–H groups in total. The molecule has 0 atom stereocenters. The highest BCUT2D eigenvalue weighted by Gasteiger charge is 2.15. The number of methoxy groups -OCH3 is 1. The normalized spacial score (nSPS) is 10.6. The Morgan fingerprint density at radius 2 is 1.79 bits per heavy atom. The molecule has 0 heterocycles. The molecule has 0 saturated carbocycles. The molecule has 0 aliphatic heterocycles. The summed E-state index contributed by atoms with van der Waals surface area (Å²) in [5.74, 6) is -0.0339. The smallest absolute Gasteiger partial charge is 0.259 e. The summed E-state index contributed by atoms with van der Waals surface area (Å²) in [6.45, 7) is 1.84. The molecule has 24 heavy (non-hydrogen) atoms. The van der Waals surface area contributed by atoms with Crippen molar-refractivity contribution in [3.63, 3.8) is 0 Å². The Labute approximate surface area is 144 Å². The van der Waals surface area contributed by atoms with Crippen molar-refractivity contribution in [3.05, 3.63) is 64.7 Å². The summed E-state index contributed by atoms with van der Waals surface area (Å²) >= 11 is 6.08. The molecular weight excluding hydrogens is 326 g/mol. The first-order valence-corrected chi connectivity index (χ1v) is 7.74. The summed E-state index contributed by atoms with van der Waals surface area (Å²) in [5.41, 5.74) is 1.51. The first-order chi connectivity index (χ1) is 11.5. The van der Waals surface area contributed by atoms with Crippen LogP contribution >= 0.6 is 11.6 Å². The van der Waals surface area contributed by atoms with Gasteiger partial charge in [-0.15, -0.1) is 0 Å². The Hall–Kier alpha value is -2.72. The molecular formula is C19H16ClNO3. The monoisotopic (exact) mass is 341 g/mol. The van der Waals surface area contributed by atoms with E-state index in [0.29, 0.717) is 16.5 Å². The Morgan fingerprint density at radius 3 is 2.46 bits per heavy atom. The van der Waals surface area contributed by atoms with Crippen molar-refractivity contribution < 1.29 is 14.6 Å². The molecule has 0 radical (unpaired) electrons. The SMILES string of the molecule is COc1cc(Cl)c(C)cc1NC(=O)c1cc2ccccc2cc1O.